The van der Waals surface area contributed by atoms with Crippen LogP contribution < -0.4 is 0 Å². The number of unbranched alkanes of at least 4 members (excludes halogenated alkanes) is 11. The molecule has 0 fully saturated rings. The van der Waals surface area contributed by atoms with E-state index in [2.05, 4.69) is 13.8 Å². The van der Waals surface area contributed by atoms with Crippen molar-refractivity contribution in [2.75, 3.05) is 6.61 Å². The summed E-state index contributed by atoms with van der Waals surface area (Å²) >= 11 is 0. The largest absolute Gasteiger partial charge is 0.396 e. The Bertz CT molecular complexity index is 167. The molecular formula is C19H40O. The van der Waals surface area contributed by atoms with Gasteiger partial charge in [0.1, 0.15) is 0 Å². The van der Waals surface area contributed by atoms with Gasteiger partial charge in [0.2, 0.25) is 0 Å². The lowest BCUT2D eigenvalue weighted by atomic mass is 9.95. The lowest BCUT2D eigenvalue weighted by Gasteiger charge is -2.13. The Labute approximate surface area is 128 Å². The third-order valence-electron chi connectivity index (χ3n) is 4.44. The first-order chi connectivity index (χ1) is 9.85. The minimum Gasteiger partial charge on any atom is -0.396 e. The zero-order valence-electron chi connectivity index (χ0n) is 14.3. The van der Waals surface area contributed by atoms with Crippen LogP contribution in [0.5, 0.6) is 0 Å². The quantitative estimate of drug-likeness (QED) is 0.321. The van der Waals surface area contributed by atoms with E-state index >= 15 is 0 Å². The van der Waals surface area contributed by atoms with Crippen LogP contribution in [0.2, 0.25) is 0 Å². The lowest BCUT2D eigenvalue weighted by Crippen LogP contribution is -2.06. The van der Waals surface area contributed by atoms with Crippen LogP contribution in [0.1, 0.15) is 110 Å². The summed E-state index contributed by atoms with van der Waals surface area (Å²) < 4.78 is 0. The van der Waals surface area contributed by atoms with Gasteiger partial charge < -0.3 is 5.11 Å². The Morgan fingerprint density at radius 2 is 0.900 bits per heavy atom. The molecular weight excluding hydrogens is 244 g/mol. The Balaban J connectivity index is 3.29. The van der Waals surface area contributed by atoms with Gasteiger partial charge in [-0.3, -0.25) is 0 Å². The molecule has 0 bridgehead atoms. The lowest BCUT2D eigenvalue weighted by molar-refractivity contribution is 0.204. The van der Waals surface area contributed by atoms with Crippen LogP contribution in [-0.2, 0) is 0 Å². The van der Waals surface area contributed by atoms with E-state index in [4.69, 9.17) is 0 Å². The summed E-state index contributed by atoms with van der Waals surface area (Å²) in [5.41, 5.74) is 0. The van der Waals surface area contributed by atoms with Gasteiger partial charge in [-0.15, -0.1) is 0 Å². The van der Waals surface area contributed by atoms with E-state index in [1.54, 1.807) is 0 Å². The van der Waals surface area contributed by atoms with E-state index in [-0.39, 0.29) is 0 Å². The van der Waals surface area contributed by atoms with Crippen LogP contribution in [0.15, 0.2) is 0 Å². The molecule has 0 aliphatic carbocycles. The maximum atomic E-state index is 9.44. The monoisotopic (exact) mass is 284 g/mol. The average molecular weight is 285 g/mol. The fraction of sp³-hybridized carbons (Fsp3) is 1.00. The minimum absolute atomic E-state index is 0.408. The van der Waals surface area contributed by atoms with Crippen LogP contribution in [0.25, 0.3) is 0 Å². The zero-order chi connectivity index (χ0) is 14.9. The molecule has 1 atom stereocenters. The van der Waals surface area contributed by atoms with E-state index in [9.17, 15) is 5.11 Å². The highest BCUT2D eigenvalue weighted by atomic mass is 16.3. The predicted molar refractivity (Wildman–Crippen MR) is 91.2 cm³/mol. The number of rotatable bonds is 16. The molecule has 0 radical (unpaired) electrons. The van der Waals surface area contributed by atoms with Gasteiger partial charge in [0, 0.05) is 6.61 Å². The van der Waals surface area contributed by atoms with Gasteiger partial charge in [-0.1, -0.05) is 97.3 Å². The summed E-state index contributed by atoms with van der Waals surface area (Å²) in [5.74, 6) is 0.580. The van der Waals surface area contributed by atoms with Crippen molar-refractivity contribution in [1.82, 2.24) is 0 Å². The third kappa shape index (κ3) is 14.4. The van der Waals surface area contributed by atoms with Gasteiger partial charge in [0.25, 0.3) is 0 Å². The summed E-state index contributed by atoms with van der Waals surface area (Å²) in [7, 11) is 0. The second-order valence-electron chi connectivity index (χ2n) is 6.52. The molecule has 0 saturated heterocycles. The van der Waals surface area contributed by atoms with E-state index in [1.807, 2.05) is 0 Å². The normalized spacial score (nSPS) is 12.8. The highest BCUT2D eigenvalue weighted by Gasteiger charge is 2.06. The molecule has 0 heterocycles. The van der Waals surface area contributed by atoms with Crippen LogP contribution >= 0.6 is 0 Å². The maximum Gasteiger partial charge on any atom is 0.0459 e. The van der Waals surface area contributed by atoms with Crippen molar-refractivity contribution < 1.29 is 5.11 Å². The van der Waals surface area contributed by atoms with Gasteiger partial charge in [0.15, 0.2) is 0 Å². The Morgan fingerprint density at radius 1 is 0.550 bits per heavy atom. The molecule has 0 aromatic rings. The SMILES string of the molecule is CCCCCCCCCC(CO)CCCCCCCC. The van der Waals surface area contributed by atoms with E-state index in [0.29, 0.717) is 12.5 Å². The summed E-state index contributed by atoms with van der Waals surface area (Å²) in [6.45, 7) is 4.95. The molecule has 122 valence electrons. The molecule has 0 amide bonds. The van der Waals surface area contributed by atoms with Crippen molar-refractivity contribution in [3.8, 4) is 0 Å². The van der Waals surface area contributed by atoms with Crippen molar-refractivity contribution >= 4 is 0 Å². The predicted octanol–water partition coefficient (Wildman–Crippen LogP) is 6.49. The maximum absolute atomic E-state index is 9.44. The minimum atomic E-state index is 0.408. The fourth-order valence-corrected chi connectivity index (χ4v) is 2.93. The number of aliphatic hydroxyl groups is 1. The van der Waals surface area contributed by atoms with E-state index in [1.165, 1.54) is 96.3 Å². The highest BCUT2D eigenvalue weighted by molar-refractivity contribution is 4.59. The van der Waals surface area contributed by atoms with Crippen molar-refractivity contribution in [3.63, 3.8) is 0 Å². The van der Waals surface area contributed by atoms with Crippen molar-refractivity contribution in [3.05, 3.63) is 0 Å². The second-order valence-corrected chi connectivity index (χ2v) is 6.52. The van der Waals surface area contributed by atoms with Crippen LogP contribution in [0.4, 0.5) is 0 Å². The summed E-state index contributed by atoms with van der Waals surface area (Å²) in [6, 6.07) is 0. The first kappa shape index (κ1) is 20.0. The van der Waals surface area contributed by atoms with Crippen molar-refractivity contribution in [1.29, 1.82) is 0 Å². The van der Waals surface area contributed by atoms with Crippen LogP contribution in [0, 0.1) is 5.92 Å². The summed E-state index contributed by atoms with van der Waals surface area (Å²) in [5, 5.41) is 9.44. The average Bonchev–Trinajstić information content (AvgIpc) is 2.47. The molecule has 1 nitrogen and oxygen atoms in total. The summed E-state index contributed by atoms with van der Waals surface area (Å²) in [6.07, 6.45) is 20.4. The molecule has 0 aromatic carbocycles. The molecule has 0 aliphatic rings. The number of hydrogen-bond acceptors (Lipinski definition) is 1. The molecule has 0 aromatic heterocycles. The first-order valence-corrected chi connectivity index (χ1v) is 9.46. The molecule has 20 heavy (non-hydrogen) atoms. The van der Waals surface area contributed by atoms with E-state index < -0.39 is 0 Å². The highest BCUT2D eigenvalue weighted by Crippen LogP contribution is 2.18. The summed E-state index contributed by atoms with van der Waals surface area (Å²) in [4.78, 5) is 0. The third-order valence-corrected chi connectivity index (χ3v) is 4.44. The Kier molecular flexibility index (Phi) is 17.0. The van der Waals surface area contributed by atoms with Crippen LogP contribution in [0.3, 0.4) is 0 Å². The number of aliphatic hydroxyl groups excluding tert-OH is 1. The number of hydrogen-bond donors (Lipinski definition) is 1. The molecule has 0 rings (SSSR count). The molecule has 1 heteroatoms. The molecule has 0 aliphatic heterocycles. The van der Waals surface area contributed by atoms with Gasteiger partial charge in [-0.2, -0.15) is 0 Å². The van der Waals surface area contributed by atoms with Gasteiger partial charge >= 0.3 is 0 Å². The zero-order valence-corrected chi connectivity index (χ0v) is 14.3. The van der Waals surface area contributed by atoms with Crippen LogP contribution in [-0.4, -0.2) is 11.7 Å². The van der Waals surface area contributed by atoms with E-state index in [0.717, 1.165) is 0 Å². The van der Waals surface area contributed by atoms with Gasteiger partial charge in [-0.25, -0.2) is 0 Å². The second kappa shape index (κ2) is 17.0. The smallest absolute Gasteiger partial charge is 0.0459 e. The topological polar surface area (TPSA) is 20.2 Å². The van der Waals surface area contributed by atoms with Gasteiger partial charge in [-0.05, 0) is 18.8 Å². The van der Waals surface area contributed by atoms with Crippen molar-refractivity contribution in [2.24, 2.45) is 5.92 Å². The molecule has 0 saturated carbocycles. The Morgan fingerprint density at radius 3 is 1.25 bits per heavy atom. The first-order valence-electron chi connectivity index (χ1n) is 9.46. The van der Waals surface area contributed by atoms with Crippen molar-refractivity contribution in [2.45, 2.75) is 110 Å². The fourth-order valence-electron chi connectivity index (χ4n) is 2.93. The van der Waals surface area contributed by atoms with Gasteiger partial charge in [0.05, 0.1) is 0 Å². The molecule has 1 unspecified atom stereocenters. The standard InChI is InChI=1S/C19H40O/c1-3-5-7-9-11-13-15-17-19(18-20)16-14-12-10-8-6-4-2/h19-20H,3-18H2,1-2H3. The Hall–Kier alpha value is -0.0400. The molecule has 0 spiro atoms. The molecule has 1 N–H and O–H groups in total.